The number of H-pyrrole nitrogens is 1. The molecule has 1 amide bonds. The summed E-state index contributed by atoms with van der Waals surface area (Å²) in [5.74, 6) is -0.356. The van der Waals surface area contributed by atoms with E-state index in [1.54, 1.807) is 26.0 Å². The van der Waals surface area contributed by atoms with E-state index in [1.807, 2.05) is 0 Å². The number of benzene rings is 1. The van der Waals surface area contributed by atoms with Crippen molar-refractivity contribution in [3.05, 3.63) is 34.1 Å². The Labute approximate surface area is 114 Å². The average molecular weight is 277 g/mol. The third-order valence-electron chi connectivity index (χ3n) is 2.76. The second-order valence-corrected chi connectivity index (χ2v) is 4.03. The topological polar surface area (TPSA) is 93.2 Å². The summed E-state index contributed by atoms with van der Waals surface area (Å²) in [4.78, 5) is 35.6. The fourth-order valence-corrected chi connectivity index (χ4v) is 1.96. The Morgan fingerprint density at radius 1 is 1.35 bits per heavy atom. The van der Waals surface area contributed by atoms with E-state index in [0.717, 1.165) is 4.68 Å². The van der Waals surface area contributed by atoms with Gasteiger partial charge in [0.05, 0.1) is 23.1 Å². The summed E-state index contributed by atoms with van der Waals surface area (Å²) >= 11 is 0. The van der Waals surface area contributed by atoms with Gasteiger partial charge in [-0.1, -0.05) is 6.07 Å². The monoisotopic (exact) mass is 277 g/mol. The van der Waals surface area contributed by atoms with Crippen LogP contribution < -0.4 is 10.9 Å². The highest BCUT2D eigenvalue weighted by Crippen LogP contribution is 2.15. The second-order valence-electron chi connectivity index (χ2n) is 4.03. The molecule has 0 unspecified atom stereocenters. The summed E-state index contributed by atoms with van der Waals surface area (Å²) < 4.78 is 5.85. The molecule has 0 bridgehead atoms. The smallest absolute Gasteiger partial charge is 0.433 e. The summed E-state index contributed by atoms with van der Waals surface area (Å²) in [5.41, 5.74) is 0.0424. The highest BCUT2D eigenvalue weighted by Gasteiger charge is 2.18. The number of nitrogens with one attached hydrogen (secondary N) is 2. The molecule has 0 aliphatic rings. The molecule has 7 heteroatoms. The maximum atomic E-state index is 12.0. The summed E-state index contributed by atoms with van der Waals surface area (Å²) in [6.07, 6.45) is -0.687. The van der Waals surface area contributed by atoms with Crippen LogP contribution in [0.3, 0.4) is 0 Å². The van der Waals surface area contributed by atoms with Crippen molar-refractivity contribution in [1.82, 2.24) is 15.1 Å². The first-order chi connectivity index (χ1) is 9.60. The molecule has 0 aliphatic carbocycles. The van der Waals surface area contributed by atoms with Crippen LogP contribution in [0.25, 0.3) is 10.9 Å². The van der Waals surface area contributed by atoms with Crippen molar-refractivity contribution in [1.29, 1.82) is 0 Å². The van der Waals surface area contributed by atoms with Gasteiger partial charge in [-0.25, -0.2) is 4.79 Å². The van der Waals surface area contributed by atoms with Crippen LogP contribution in [0.5, 0.6) is 0 Å². The van der Waals surface area contributed by atoms with Crippen LogP contribution >= 0.6 is 0 Å². The van der Waals surface area contributed by atoms with Crippen LogP contribution in [0.4, 0.5) is 4.79 Å². The third kappa shape index (κ3) is 2.29. The lowest BCUT2D eigenvalue weighted by Crippen LogP contribution is -2.23. The number of hydrogen-bond donors (Lipinski definition) is 2. The number of carbonyl (C=O) groups is 2. The Balaban J connectivity index is 2.62. The highest BCUT2D eigenvalue weighted by molar-refractivity contribution is 6.07. The first kappa shape index (κ1) is 13.9. The third-order valence-corrected chi connectivity index (χ3v) is 2.76. The van der Waals surface area contributed by atoms with Crippen molar-refractivity contribution in [3.8, 4) is 0 Å². The van der Waals surface area contributed by atoms with E-state index < -0.39 is 11.7 Å². The Bertz CT molecular complexity index is 714. The van der Waals surface area contributed by atoms with E-state index in [1.165, 1.54) is 6.07 Å². The first-order valence-corrected chi connectivity index (χ1v) is 6.29. The number of nitrogens with zero attached hydrogens (tertiary/aromatic N) is 1. The van der Waals surface area contributed by atoms with Crippen LogP contribution in [-0.4, -0.2) is 34.9 Å². The molecule has 1 heterocycles. The van der Waals surface area contributed by atoms with Gasteiger partial charge in [0.1, 0.15) is 0 Å². The van der Waals surface area contributed by atoms with Crippen molar-refractivity contribution in [2.45, 2.75) is 13.8 Å². The molecular weight excluding hydrogens is 262 g/mol. The van der Waals surface area contributed by atoms with E-state index in [4.69, 9.17) is 4.74 Å². The summed E-state index contributed by atoms with van der Waals surface area (Å²) in [6, 6.07) is 4.72. The van der Waals surface area contributed by atoms with Gasteiger partial charge >= 0.3 is 6.09 Å². The lowest BCUT2D eigenvalue weighted by atomic mass is 10.1. The van der Waals surface area contributed by atoms with Crippen LogP contribution in [0.15, 0.2) is 23.0 Å². The van der Waals surface area contributed by atoms with Gasteiger partial charge in [-0.2, -0.15) is 4.68 Å². The van der Waals surface area contributed by atoms with Crippen molar-refractivity contribution >= 4 is 22.9 Å². The minimum absolute atomic E-state index is 0.173. The predicted octanol–water partition coefficient (Wildman–Crippen LogP) is 1.08. The van der Waals surface area contributed by atoms with Crippen molar-refractivity contribution in [2.24, 2.45) is 0 Å². The minimum Gasteiger partial charge on any atom is -0.448 e. The molecule has 2 N–H and O–H groups in total. The van der Waals surface area contributed by atoms with Gasteiger partial charge in [-0.3, -0.25) is 14.7 Å². The van der Waals surface area contributed by atoms with Gasteiger partial charge in [0.2, 0.25) is 0 Å². The lowest BCUT2D eigenvalue weighted by Gasteiger charge is -2.05. The van der Waals surface area contributed by atoms with Gasteiger partial charge in [-0.05, 0) is 26.0 Å². The van der Waals surface area contributed by atoms with E-state index in [2.05, 4.69) is 10.4 Å². The lowest BCUT2D eigenvalue weighted by molar-refractivity contribution is 0.0957. The summed E-state index contributed by atoms with van der Waals surface area (Å²) in [7, 11) is 0. The van der Waals surface area contributed by atoms with E-state index in [0.29, 0.717) is 12.1 Å². The van der Waals surface area contributed by atoms with Crippen molar-refractivity contribution < 1.29 is 14.3 Å². The number of ether oxygens (including phenoxy) is 1. The maximum absolute atomic E-state index is 12.0. The molecule has 0 fully saturated rings. The van der Waals surface area contributed by atoms with Gasteiger partial charge in [0.25, 0.3) is 11.5 Å². The molecule has 0 spiro atoms. The predicted molar refractivity (Wildman–Crippen MR) is 73.0 cm³/mol. The van der Waals surface area contributed by atoms with Crippen molar-refractivity contribution in [3.63, 3.8) is 0 Å². The number of hydrogen-bond acceptors (Lipinski definition) is 4. The zero-order valence-corrected chi connectivity index (χ0v) is 11.2. The molecule has 0 radical (unpaired) electrons. The normalized spacial score (nSPS) is 10.5. The Hall–Kier alpha value is -2.57. The minimum atomic E-state index is -0.687. The summed E-state index contributed by atoms with van der Waals surface area (Å²) in [5, 5.41) is 5.18. The molecule has 0 saturated heterocycles. The fraction of sp³-hybridized carbons (Fsp3) is 0.308. The van der Waals surface area contributed by atoms with Gasteiger partial charge in [-0.15, -0.1) is 0 Å². The molecule has 1 aromatic heterocycles. The van der Waals surface area contributed by atoms with Crippen LogP contribution in [0.1, 0.15) is 24.2 Å². The zero-order valence-electron chi connectivity index (χ0n) is 11.2. The van der Waals surface area contributed by atoms with Gasteiger partial charge in [0, 0.05) is 6.54 Å². The van der Waals surface area contributed by atoms with E-state index >= 15 is 0 Å². The number of aromatic nitrogens is 2. The Morgan fingerprint density at radius 2 is 2.10 bits per heavy atom. The molecule has 106 valence electrons. The zero-order chi connectivity index (χ0) is 14.7. The van der Waals surface area contributed by atoms with Crippen LogP contribution in [-0.2, 0) is 4.74 Å². The molecule has 7 nitrogen and oxygen atoms in total. The number of carbonyl (C=O) groups excluding carboxylic acids is 2. The average Bonchev–Trinajstić information content (AvgIpc) is 2.77. The first-order valence-electron chi connectivity index (χ1n) is 6.29. The standard InChI is InChI=1S/C13H15N3O4/c1-3-14-11(17)8-6-5-7-9-10(8)12(18)15-16(9)13(19)20-4-2/h5-7H,3-4H2,1-2H3,(H,14,17)(H,15,18). The molecule has 2 aromatic rings. The quantitative estimate of drug-likeness (QED) is 0.878. The number of fused-ring (bicyclic) bond motifs is 1. The van der Waals surface area contributed by atoms with Gasteiger partial charge in [0.15, 0.2) is 0 Å². The van der Waals surface area contributed by atoms with Crippen LogP contribution in [0, 0.1) is 0 Å². The van der Waals surface area contributed by atoms with E-state index in [-0.39, 0.29) is 23.5 Å². The second kappa shape index (κ2) is 5.60. The molecule has 2 rings (SSSR count). The maximum Gasteiger partial charge on any atom is 0.433 e. The molecular formula is C13H15N3O4. The van der Waals surface area contributed by atoms with Gasteiger partial charge < -0.3 is 10.1 Å². The van der Waals surface area contributed by atoms with E-state index in [9.17, 15) is 14.4 Å². The molecule has 0 atom stereocenters. The molecule has 0 aliphatic heterocycles. The number of amides is 1. The fourth-order valence-electron chi connectivity index (χ4n) is 1.96. The molecule has 1 aromatic carbocycles. The highest BCUT2D eigenvalue weighted by atomic mass is 16.6. The largest absolute Gasteiger partial charge is 0.448 e. The van der Waals surface area contributed by atoms with Crippen LogP contribution in [0.2, 0.25) is 0 Å². The molecule has 20 heavy (non-hydrogen) atoms. The Morgan fingerprint density at radius 3 is 2.75 bits per heavy atom. The van der Waals surface area contributed by atoms with Crippen molar-refractivity contribution in [2.75, 3.05) is 13.2 Å². The Kier molecular flexibility index (Phi) is 3.88. The SMILES string of the molecule is CCNC(=O)c1cccc2c1c(=O)[nH]n2C(=O)OCC. The molecule has 0 saturated carbocycles. The number of rotatable bonds is 3. The summed E-state index contributed by atoms with van der Waals surface area (Å²) in [6.45, 7) is 4.09. The number of aromatic amines is 1.